The Morgan fingerprint density at radius 3 is 2.48 bits per heavy atom. The summed E-state index contributed by atoms with van der Waals surface area (Å²) in [5.74, 6) is -8.91. The first-order chi connectivity index (χ1) is 18.7. The van der Waals surface area contributed by atoms with E-state index in [-0.39, 0.29) is 24.1 Å². The lowest BCUT2D eigenvalue weighted by Gasteiger charge is -2.50. The van der Waals surface area contributed by atoms with Crippen LogP contribution < -0.4 is 11.1 Å². The number of nitrogens with one attached hydrogen (secondary N) is 1. The molecule has 1 saturated carbocycles. The van der Waals surface area contributed by atoms with Crippen molar-refractivity contribution in [3.8, 4) is 5.75 Å². The van der Waals surface area contributed by atoms with Crippen LogP contribution in [-0.2, 0) is 27.0 Å². The Hall–Kier alpha value is -3.42. The van der Waals surface area contributed by atoms with Gasteiger partial charge >= 0.3 is 6.18 Å². The highest BCUT2D eigenvalue weighted by Gasteiger charge is 2.64. The number of nitrogens with zero attached hydrogens (tertiary/aromatic N) is 1. The number of aromatic hydroxyl groups is 1. The number of fused-ring (bicyclic) bond motifs is 3. The molecule has 2 fully saturated rings. The summed E-state index contributed by atoms with van der Waals surface area (Å²) >= 11 is 0. The minimum absolute atomic E-state index is 0.167. The number of phenolic OH excluding ortho intramolecular Hbond substituents is 1. The average molecular weight is 566 g/mol. The van der Waals surface area contributed by atoms with Crippen LogP contribution in [0, 0.1) is 11.8 Å². The van der Waals surface area contributed by atoms with Crippen molar-refractivity contribution in [3.05, 3.63) is 45.2 Å². The first-order valence-electron chi connectivity index (χ1n) is 13.0. The number of aliphatic hydroxyl groups excluding tert-OH is 2. The molecular weight excluding hydrogens is 535 g/mol. The van der Waals surface area contributed by atoms with Gasteiger partial charge in [-0.2, -0.15) is 13.2 Å². The molecule has 7 N–H and O–H groups in total. The van der Waals surface area contributed by atoms with E-state index in [2.05, 4.69) is 5.32 Å². The second-order valence-electron chi connectivity index (χ2n) is 10.9. The zero-order valence-corrected chi connectivity index (χ0v) is 21.8. The average Bonchev–Trinajstić information content (AvgIpc) is 3.39. The van der Waals surface area contributed by atoms with Crippen LogP contribution in [0.25, 0.3) is 5.76 Å². The molecular formula is C27H30F3N3O7. The monoisotopic (exact) mass is 565 g/mol. The van der Waals surface area contributed by atoms with E-state index < -0.39 is 99.1 Å². The minimum Gasteiger partial charge on any atom is -0.508 e. The van der Waals surface area contributed by atoms with Gasteiger partial charge in [0.25, 0.3) is 5.91 Å². The number of carbonyl (C=O) groups excluding carboxylic acids is 3. The van der Waals surface area contributed by atoms with E-state index in [9.17, 15) is 48.0 Å². The third kappa shape index (κ3) is 3.78. The maximum atomic E-state index is 14.6. The Bertz CT molecular complexity index is 1400. The molecule has 1 aromatic rings. The number of hydrogen-bond acceptors (Lipinski definition) is 9. The van der Waals surface area contributed by atoms with Crippen LogP contribution in [0.15, 0.2) is 23.0 Å². The van der Waals surface area contributed by atoms with Crippen LogP contribution in [0.3, 0.4) is 0 Å². The summed E-state index contributed by atoms with van der Waals surface area (Å²) in [6.07, 6.45) is -4.54. The van der Waals surface area contributed by atoms with Gasteiger partial charge in [-0.1, -0.05) is 6.92 Å². The first-order valence-corrected chi connectivity index (χ1v) is 13.0. The molecule has 1 aliphatic heterocycles. The number of carbonyl (C=O) groups is 3. The van der Waals surface area contributed by atoms with Crippen LogP contribution in [0.4, 0.5) is 13.2 Å². The molecule has 0 bridgehead atoms. The number of phenols is 1. The topological polar surface area (TPSA) is 173 Å². The molecule has 0 spiro atoms. The van der Waals surface area contributed by atoms with E-state index in [1.807, 2.05) is 0 Å². The predicted molar refractivity (Wildman–Crippen MR) is 134 cm³/mol. The van der Waals surface area contributed by atoms with E-state index in [1.165, 1.54) is 11.9 Å². The molecule has 1 amide bonds. The maximum absolute atomic E-state index is 14.6. The van der Waals surface area contributed by atoms with Crippen molar-refractivity contribution in [3.63, 3.8) is 0 Å². The van der Waals surface area contributed by atoms with Gasteiger partial charge in [-0.25, -0.2) is 0 Å². The number of rotatable bonds is 4. The van der Waals surface area contributed by atoms with E-state index in [0.29, 0.717) is 19.4 Å². The number of amides is 1. The lowest BCUT2D eigenvalue weighted by atomic mass is 9.57. The standard InChI is InChI=1S/C27H30F3N3O7/c1-3-33(2)20-13-8-10-7-12-17(15(34)9-11(14-5-4-6-32-14)19(12)27(28,29)30)21(35)16(10)23(37)26(13,40)24(38)18(22(20)36)25(31)39/h9-10,13-14,20,32,34-35,38,40H,3-8H2,1-2H3,(H2,31,39)/t10-,13-,14?,20-,26-/m0/s1. The van der Waals surface area contributed by atoms with Crippen LogP contribution in [-0.4, -0.2) is 74.6 Å². The summed E-state index contributed by atoms with van der Waals surface area (Å²) in [7, 11) is 1.49. The Kier molecular flexibility index (Phi) is 6.55. The molecule has 0 aromatic heterocycles. The second kappa shape index (κ2) is 9.32. The molecule has 1 aromatic carbocycles. The van der Waals surface area contributed by atoms with Gasteiger partial charge in [0, 0.05) is 17.5 Å². The maximum Gasteiger partial charge on any atom is 0.417 e. The van der Waals surface area contributed by atoms with Crippen molar-refractivity contribution in [2.75, 3.05) is 20.1 Å². The van der Waals surface area contributed by atoms with Crippen LogP contribution in [0.5, 0.6) is 5.75 Å². The van der Waals surface area contributed by atoms with Crippen molar-refractivity contribution in [1.82, 2.24) is 10.2 Å². The summed E-state index contributed by atoms with van der Waals surface area (Å²) in [5.41, 5.74) is -1.14. The number of primary amides is 1. The van der Waals surface area contributed by atoms with Gasteiger partial charge in [-0.15, -0.1) is 0 Å². The van der Waals surface area contributed by atoms with Crippen LogP contribution >= 0.6 is 0 Å². The van der Waals surface area contributed by atoms with Gasteiger partial charge in [0.15, 0.2) is 11.4 Å². The smallest absolute Gasteiger partial charge is 0.417 e. The number of Topliss-reactive ketones (excluding diaryl/α,β-unsaturated/α-hetero) is 2. The molecule has 1 saturated heterocycles. The zero-order valence-electron chi connectivity index (χ0n) is 21.8. The molecule has 40 heavy (non-hydrogen) atoms. The highest BCUT2D eigenvalue weighted by Crippen LogP contribution is 2.55. The lowest BCUT2D eigenvalue weighted by molar-refractivity contribution is -0.154. The van der Waals surface area contributed by atoms with Gasteiger partial charge in [0.1, 0.15) is 22.8 Å². The minimum atomic E-state index is -4.86. The van der Waals surface area contributed by atoms with Crippen LogP contribution in [0.1, 0.15) is 54.5 Å². The van der Waals surface area contributed by atoms with Gasteiger partial charge in [-0.3, -0.25) is 19.3 Å². The third-order valence-electron chi connectivity index (χ3n) is 8.89. The van der Waals surface area contributed by atoms with E-state index in [0.717, 1.165) is 6.07 Å². The Morgan fingerprint density at radius 2 is 1.93 bits per heavy atom. The number of alkyl halides is 3. The highest BCUT2D eigenvalue weighted by molar-refractivity contribution is 6.24. The molecule has 5 rings (SSSR count). The number of nitrogens with two attached hydrogens (primary N) is 1. The van der Waals surface area contributed by atoms with Gasteiger partial charge in [0.2, 0.25) is 5.78 Å². The Labute approximate surface area is 227 Å². The molecule has 3 aliphatic carbocycles. The van der Waals surface area contributed by atoms with Crippen LogP contribution in [0.2, 0.25) is 0 Å². The molecule has 216 valence electrons. The number of benzene rings is 1. The molecule has 0 radical (unpaired) electrons. The summed E-state index contributed by atoms with van der Waals surface area (Å²) in [6.45, 7) is 2.39. The lowest BCUT2D eigenvalue weighted by Crippen LogP contribution is -2.66. The van der Waals surface area contributed by atoms with Crippen molar-refractivity contribution in [2.45, 2.75) is 56.5 Å². The molecule has 10 nitrogen and oxygen atoms in total. The quantitative estimate of drug-likeness (QED) is 0.298. The van der Waals surface area contributed by atoms with Crippen molar-refractivity contribution in [2.24, 2.45) is 17.6 Å². The summed E-state index contributed by atoms with van der Waals surface area (Å²) in [6, 6.07) is -1.06. The number of likely N-dealkylation sites (N-methyl/N-ethyl adjacent to an activating group) is 1. The van der Waals surface area contributed by atoms with Gasteiger partial charge < -0.3 is 31.5 Å². The number of halogens is 3. The van der Waals surface area contributed by atoms with Crippen molar-refractivity contribution in [1.29, 1.82) is 0 Å². The number of ketones is 2. The number of hydrogen-bond donors (Lipinski definition) is 6. The first kappa shape index (κ1) is 28.1. The fraction of sp³-hybridized carbons (Fsp3) is 0.519. The Balaban J connectivity index is 1.76. The largest absolute Gasteiger partial charge is 0.508 e. The normalized spacial score (nSPS) is 30.5. The summed E-state index contributed by atoms with van der Waals surface area (Å²) < 4.78 is 43.7. The highest BCUT2D eigenvalue weighted by atomic mass is 19.4. The molecule has 1 heterocycles. The SMILES string of the molecule is CCN(C)[C@@H]1C(=O)C(C(N)=O)=C(O)[C@@]2(O)C(=O)C3=C(O)c4c(O)cc(C5CCCN5)c(C(F)(F)F)c4C[C@H]3C[C@@H]12. The Morgan fingerprint density at radius 1 is 1.25 bits per heavy atom. The molecule has 13 heteroatoms. The van der Waals surface area contributed by atoms with Gasteiger partial charge in [0.05, 0.1) is 17.2 Å². The fourth-order valence-corrected chi connectivity index (χ4v) is 7.02. The van der Waals surface area contributed by atoms with Crippen molar-refractivity contribution >= 4 is 23.2 Å². The van der Waals surface area contributed by atoms with E-state index in [4.69, 9.17) is 5.73 Å². The molecule has 5 atom stereocenters. The zero-order chi connectivity index (χ0) is 29.5. The summed E-state index contributed by atoms with van der Waals surface area (Å²) in [4.78, 5) is 40.7. The van der Waals surface area contributed by atoms with E-state index in [1.54, 1.807) is 6.92 Å². The predicted octanol–water partition coefficient (Wildman–Crippen LogP) is 1.80. The van der Waals surface area contributed by atoms with Gasteiger partial charge in [-0.05, 0) is 68.9 Å². The summed E-state index contributed by atoms with van der Waals surface area (Å²) in [5, 5.41) is 47.7. The number of aliphatic hydroxyl groups is 3. The van der Waals surface area contributed by atoms with Crippen molar-refractivity contribution < 1.29 is 48.0 Å². The second-order valence-corrected chi connectivity index (χ2v) is 10.9. The fourth-order valence-electron chi connectivity index (χ4n) is 7.02. The van der Waals surface area contributed by atoms with E-state index >= 15 is 0 Å². The molecule has 1 unspecified atom stereocenters. The third-order valence-corrected chi connectivity index (χ3v) is 8.89. The molecule has 4 aliphatic rings.